The first-order valence-corrected chi connectivity index (χ1v) is 8.97. The number of hydrogen-bond acceptors (Lipinski definition) is 5. The second-order valence-corrected chi connectivity index (χ2v) is 6.62. The average molecular weight is 428 g/mol. The van der Waals surface area contributed by atoms with Gasteiger partial charge in [0.05, 0.1) is 24.3 Å². The molecule has 0 unspecified atom stereocenters. The molecular weight excluding hydrogens is 410 g/mol. The number of methoxy groups -OCH3 is 1. The van der Waals surface area contributed by atoms with Crippen LogP contribution in [0.25, 0.3) is 10.8 Å². The first kappa shape index (κ1) is 18.7. The molecule has 0 aliphatic heterocycles. The molecule has 0 saturated carbocycles. The van der Waals surface area contributed by atoms with Crippen molar-refractivity contribution in [3.63, 3.8) is 0 Å². The van der Waals surface area contributed by atoms with Gasteiger partial charge in [-0.15, -0.1) is 0 Å². The van der Waals surface area contributed by atoms with E-state index in [2.05, 4.69) is 31.8 Å². The Hall–Kier alpha value is -3.06. The van der Waals surface area contributed by atoms with Gasteiger partial charge < -0.3 is 15.2 Å². The molecule has 3 N–H and O–H groups in total. The summed E-state index contributed by atoms with van der Waals surface area (Å²) in [5.41, 5.74) is 3.92. The number of nitrogens with zero attached hydrogens (tertiary/aromatic N) is 1. The lowest BCUT2D eigenvalue weighted by Gasteiger charge is -2.07. The number of rotatable bonds is 6. The number of amides is 1. The molecule has 0 aliphatic carbocycles. The summed E-state index contributed by atoms with van der Waals surface area (Å²) < 4.78 is 5.65. The SMILES string of the molecule is COc1c(O)cc(/C=N\NC(=O)CNc2ccc3ccccc3c2)cc1Br. The number of phenolic OH excluding ortho intramolecular Hbond substituents is 1. The van der Waals surface area contributed by atoms with Gasteiger partial charge in [0.15, 0.2) is 11.5 Å². The van der Waals surface area contributed by atoms with Crippen molar-refractivity contribution in [1.29, 1.82) is 0 Å². The van der Waals surface area contributed by atoms with E-state index < -0.39 is 0 Å². The fraction of sp³-hybridized carbons (Fsp3) is 0.100. The third-order valence-corrected chi connectivity index (χ3v) is 4.44. The molecular formula is C20H18BrN3O3. The maximum atomic E-state index is 11.9. The molecule has 6 nitrogen and oxygen atoms in total. The van der Waals surface area contributed by atoms with Crippen molar-refractivity contribution in [3.05, 3.63) is 64.6 Å². The third kappa shape index (κ3) is 4.77. The second kappa shape index (κ2) is 8.55. The predicted octanol–water partition coefficient (Wildman–Crippen LogP) is 3.88. The normalized spacial score (nSPS) is 10.9. The number of halogens is 1. The lowest BCUT2D eigenvalue weighted by atomic mass is 10.1. The van der Waals surface area contributed by atoms with Crippen molar-refractivity contribution < 1.29 is 14.6 Å². The molecule has 3 aromatic rings. The number of fused-ring (bicyclic) bond motifs is 1. The van der Waals surface area contributed by atoms with Gasteiger partial charge in [-0.05, 0) is 56.5 Å². The van der Waals surface area contributed by atoms with Crippen LogP contribution in [0, 0.1) is 0 Å². The van der Waals surface area contributed by atoms with E-state index in [4.69, 9.17) is 4.74 Å². The van der Waals surface area contributed by atoms with E-state index in [1.165, 1.54) is 19.4 Å². The topological polar surface area (TPSA) is 83.0 Å². The number of aromatic hydroxyl groups is 1. The minimum atomic E-state index is -0.281. The van der Waals surface area contributed by atoms with Crippen LogP contribution in [0.5, 0.6) is 11.5 Å². The van der Waals surface area contributed by atoms with Crippen LogP contribution in [0.4, 0.5) is 5.69 Å². The number of carbonyl (C=O) groups excluding carboxylic acids is 1. The summed E-state index contributed by atoms with van der Waals surface area (Å²) in [6.45, 7) is 0.0905. The molecule has 3 aromatic carbocycles. The van der Waals surface area contributed by atoms with Gasteiger partial charge in [-0.25, -0.2) is 5.43 Å². The van der Waals surface area contributed by atoms with Gasteiger partial charge in [-0.3, -0.25) is 4.79 Å². The van der Waals surface area contributed by atoms with Gasteiger partial charge >= 0.3 is 0 Å². The number of ether oxygens (including phenoxy) is 1. The fourth-order valence-electron chi connectivity index (χ4n) is 2.58. The Kier molecular flexibility index (Phi) is 5.93. The van der Waals surface area contributed by atoms with Gasteiger partial charge in [0.2, 0.25) is 0 Å². The number of anilines is 1. The summed E-state index contributed by atoms with van der Waals surface area (Å²) in [4.78, 5) is 11.9. The summed E-state index contributed by atoms with van der Waals surface area (Å²) in [5.74, 6) is 0.0459. The van der Waals surface area contributed by atoms with Crippen LogP contribution in [0.15, 0.2) is 64.2 Å². The van der Waals surface area contributed by atoms with Crippen molar-refractivity contribution in [2.75, 3.05) is 19.0 Å². The van der Waals surface area contributed by atoms with E-state index in [0.29, 0.717) is 15.8 Å². The Morgan fingerprint density at radius 3 is 2.70 bits per heavy atom. The number of phenols is 1. The zero-order valence-electron chi connectivity index (χ0n) is 14.6. The van der Waals surface area contributed by atoms with Crippen molar-refractivity contribution in [1.82, 2.24) is 5.43 Å². The number of benzene rings is 3. The second-order valence-electron chi connectivity index (χ2n) is 5.76. The van der Waals surface area contributed by atoms with E-state index >= 15 is 0 Å². The summed E-state index contributed by atoms with van der Waals surface area (Å²) in [6.07, 6.45) is 1.44. The van der Waals surface area contributed by atoms with Crippen LogP contribution in [-0.4, -0.2) is 30.9 Å². The van der Waals surface area contributed by atoms with Crippen LogP contribution in [0.2, 0.25) is 0 Å². The third-order valence-electron chi connectivity index (χ3n) is 3.86. The minimum Gasteiger partial charge on any atom is -0.504 e. The van der Waals surface area contributed by atoms with E-state index in [1.807, 2.05) is 42.5 Å². The molecule has 0 radical (unpaired) electrons. The standard InChI is InChI=1S/C20H18BrN3O3/c1-27-20-17(21)8-13(9-18(20)25)11-23-24-19(26)12-22-16-7-6-14-4-2-3-5-15(14)10-16/h2-11,22,25H,12H2,1H3,(H,24,26)/b23-11-. The molecule has 0 bridgehead atoms. The summed E-state index contributed by atoms with van der Waals surface area (Å²) in [6, 6.07) is 17.2. The molecule has 0 aliphatic rings. The van der Waals surface area contributed by atoms with E-state index in [1.54, 1.807) is 6.07 Å². The van der Waals surface area contributed by atoms with Crippen LogP contribution < -0.4 is 15.5 Å². The Morgan fingerprint density at radius 1 is 1.19 bits per heavy atom. The molecule has 7 heteroatoms. The molecule has 138 valence electrons. The lowest BCUT2D eigenvalue weighted by molar-refractivity contribution is -0.119. The van der Waals surface area contributed by atoms with Crippen LogP contribution in [-0.2, 0) is 4.79 Å². The largest absolute Gasteiger partial charge is 0.504 e. The first-order valence-electron chi connectivity index (χ1n) is 8.18. The number of carbonyl (C=O) groups is 1. The highest BCUT2D eigenvalue weighted by atomic mass is 79.9. The highest BCUT2D eigenvalue weighted by molar-refractivity contribution is 9.10. The van der Waals surface area contributed by atoms with E-state index in [-0.39, 0.29) is 18.2 Å². The number of hydrogen-bond donors (Lipinski definition) is 3. The molecule has 0 fully saturated rings. The minimum absolute atomic E-state index is 0.0161. The highest BCUT2D eigenvalue weighted by Crippen LogP contribution is 2.34. The molecule has 0 heterocycles. The molecule has 3 rings (SSSR count). The van der Waals surface area contributed by atoms with Gasteiger partial charge in [-0.1, -0.05) is 30.3 Å². The summed E-state index contributed by atoms with van der Waals surface area (Å²) in [5, 5.41) is 19.1. The van der Waals surface area contributed by atoms with Crippen molar-refractivity contribution in [2.24, 2.45) is 5.10 Å². The maximum Gasteiger partial charge on any atom is 0.259 e. The zero-order chi connectivity index (χ0) is 19.2. The summed E-state index contributed by atoms with van der Waals surface area (Å²) >= 11 is 3.30. The quantitative estimate of drug-likeness (QED) is 0.411. The molecule has 0 atom stereocenters. The molecule has 0 aromatic heterocycles. The van der Waals surface area contributed by atoms with Crippen LogP contribution in [0.1, 0.15) is 5.56 Å². The van der Waals surface area contributed by atoms with Crippen LogP contribution >= 0.6 is 15.9 Å². The highest BCUT2D eigenvalue weighted by Gasteiger charge is 2.08. The van der Waals surface area contributed by atoms with Crippen molar-refractivity contribution in [2.45, 2.75) is 0 Å². The number of hydrazone groups is 1. The molecule has 0 saturated heterocycles. The van der Waals surface area contributed by atoms with Crippen LogP contribution in [0.3, 0.4) is 0 Å². The van der Waals surface area contributed by atoms with Crippen molar-refractivity contribution in [3.8, 4) is 11.5 Å². The molecule has 27 heavy (non-hydrogen) atoms. The molecule has 0 spiro atoms. The fourth-order valence-corrected chi connectivity index (χ4v) is 3.21. The Morgan fingerprint density at radius 2 is 1.96 bits per heavy atom. The lowest BCUT2D eigenvalue weighted by Crippen LogP contribution is -2.25. The Balaban J connectivity index is 1.55. The predicted molar refractivity (Wildman–Crippen MR) is 111 cm³/mol. The maximum absolute atomic E-state index is 11.9. The smallest absolute Gasteiger partial charge is 0.259 e. The molecule has 1 amide bonds. The van der Waals surface area contributed by atoms with E-state index in [9.17, 15) is 9.90 Å². The Bertz CT molecular complexity index is 982. The van der Waals surface area contributed by atoms with Gasteiger partial charge in [-0.2, -0.15) is 5.10 Å². The first-order chi connectivity index (χ1) is 13.1. The Labute approximate surface area is 165 Å². The average Bonchev–Trinajstić information content (AvgIpc) is 2.66. The van der Waals surface area contributed by atoms with Gasteiger partial charge in [0.25, 0.3) is 5.91 Å². The monoisotopic (exact) mass is 427 g/mol. The van der Waals surface area contributed by atoms with Gasteiger partial charge in [0.1, 0.15) is 0 Å². The van der Waals surface area contributed by atoms with Crippen molar-refractivity contribution >= 4 is 44.5 Å². The van der Waals surface area contributed by atoms with E-state index in [0.717, 1.165) is 16.5 Å². The number of nitrogens with one attached hydrogen (secondary N) is 2. The zero-order valence-corrected chi connectivity index (χ0v) is 16.2. The summed E-state index contributed by atoms with van der Waals surface area (Å²) in [7, 11) is 1.47. The van der Waals surface area contributed by atoms with Gasteiger partial charge in [0, 0.05) is 5.69 Å².